The number of nitrogens with one attached hydrogen (secondary N) is 2. The third kappa shape index (κ3) is 4.90. The summed E-state index contributed by atoms with van der Waals surface area (Å²) in [5.41, 5.74) is 2.25. The first-order chi connectivity index (χ1) is 12.2. The molecule has 2 amide bonds. The molecule has 0 spiro atoms. The van der Waals surface area contributed by atoms with E-state index in [9.17, 15) is 9.59 Å². The van der Waals surface area contributed by atoms with Gasteiger partial charge in [-0.25, -0.2) is 0 Å². The molecule has 2 aromatic heterocycles. The van der Waals surface area contributed by atoms with Crippen molar-refractivity contribution in [1.29, 1.82) is 0 Å². The summed E-state index contributed by atoms with van der Waals surface area (Å²) >= 11 is 3.26. The molecular weight excluding hydrogens is 354 g/mol. The summed E-state index contributed by atoms with van der Waals surface area (Å²) in [4.78, 5) is 26.8. The average Bonchev–Trinajstić information content (AvgIpc) is 3.30. The van der Waals surface area contributed by atoms with E-state index in [1.54, 1.807) is 22.7 Å². The molecule has 134 valence electrons. The lowest BCUT2D eigenvalue weighted by molar-refractivity contribution is -0.125. The van der Waals surface area contributed by atoms with Gasteiger partial charge in [0.1, 0.15) is 0 Å². The quantitative estimate of drug-likeness (QED) is 0.778. The zero-order valence-corrected chi connectivity index (χ0v) is 15.9. The summed E-state index contributed by atoms with van der Waals surface area (Å²) in [7, 11) is 0. The zero-order chi connectivity index (χ0) is 17.6. The number of hydrogen-bond acceptors (Lipinski definition) is 5. The molecule has 3 rings (SSSR count). The van der Waals surface area contributed by atoms with E-state index < -0.39 is 0 Å². The minimum absolute atomic E-state index is 0.0115. The Bertz CT molecular complexity index is 685. The van der Waals surface area contributed by atoms with Crippen molar-refractivity contribution in [2.24, 2.45) is 0 Å². The van der Waals surface area contributed by atoms with Crippen molar-refractivity contribution in [2.45, 2.75) is 38.4 Å². The second-order valence-corrected chi connectivity index (χ2v) is 7.84. The lowest BCUT2D eigenvalue weighted by atomic mass is 10.1. The Morgan fingerprint density at radius 2 is 1.92 bits per heavy atom. The van der Waals surface area contributed by atoms with Gasteiger partial charge >= 0.3 is 0 Å². The van der Waals surface area contributed by atoms with Crippen LogP contribution in [0.5, 0.6) is 0 Å². The van der Waals surface area contributed by atoms with Gasteiger partial charge in [0.05, 0.1) is 12.5 Å². The molecule has 25 heavy (non-hydrogen) atoms. The van der Waals surface area contributed by atoms with Crippen LogP contribution in [0.2, 0.25) is 0 Å². The molecule has 2 atom stereocenters. The Morgan fingerprint density at radius 1 is 1.20 bits per heavy atom. The molecule has 0 radical (unpaired) electrons. The Kier molecular flexibility index (Phi) is 6.23. The Balaban J connectivity index is 1.61. The summed E-state index contributed by atoms with van der Waals surface area (Å²) in [6.45, 7) is 3.99. The SMILES string of the molecule is CCNC(=O)[C@@H]1C[C@H](NC(=O)Cc2ccsc2)CN1Cc1ccsc1. The van der Waals surface area contributed by atoms with Gasteiger partial charge in [0.2, 0.25) is 11.8 Å². The molecule has 7 heteroatoms. The molecule has 3 heterocycles. The predicted molar refractivity (Wildman–Crippen MR) is 102 cm³/mol. The van der Waals surface area contributed by atoms with Crippen LogP contribution in [0.3, 0.4) is 0 Å². The molecule has 1 aliphatic rings. The maximum absolute atomic E-state index is 12.4. The van der Waals surface area contributed by atoms with Gasteiger partial charge in [-0.2, -0.15) is 22.7 Å². The molecular formula is C18H23N3O2S2. The van der Waals surface area contributed by atoms with Gasteiger partial charge in [-0.3, -0.25) is 14.5 Å². The first-order valence-electron chi connectivity index (χ1n) is 8.49. The molecule has 1 aliphatic heterocycles. The summed E-state index contributed by atoms with van der Waals surface area (Å²) in [5, 5.41) is 14.1. The van der Waals surface area contributed by atoms with Gasteiger partial charge in [0.15, 0.2) is 0 Å². The van der Waals surface area contributed by atoms with Crippen LogP contribution in [0.15, 0.2) is 33.7 Å². The molecule has 0 unspecified atom stereocenters. The van der Waals surface area contributed by atoms with E-state index in [4.69, 9.17) is 0 Å². The fraction of sp³-hybridized carbons (Fsp3) is 0.444. The number of carbonyl (C=O) groups excluding carboxylic acids is 2. The van der Waals surface area contributed by atoms with Crippen LogP contribution in [-0.4, -0.2) is 41.9 Å². The highest BCUT2D eigenvalue weighted by Crippen LogP contribution is 2.22. The fourth-order valence-corrected chi connectivity index (χ4v) is 4.55. The van der Waals surface area contributed by atoms with Crippen LogP contribution in [0.1, 0.15) is 24.5 Å². The molecule has 2 N–H and O–H groups in total. The van der Waals surface area contributed by atoms with E-state index in [0.717, 1.165) is 12.1 Å². The van der Waals surface area contributed by atoms with Crippen molar-refractivity contribution in [3.63, 3.8) is 0 Å². The van der Waals surface area contributed by atoms with Crippen LogP contribution < -0.4 is 10.6 Å². The maximum atomic E-state index is 12.4. The fourth-order valence-electron chi connectivity index (χ4n) is 3.22. The number of likely N-dealkylation sites (N-methyl/N-ethyl adjacent to an activating group) is 1. The molecule has 5 nitrogen and oxygen atoms in total. The summed E-state index contributed by atoms with van der Waals surface area (Å²) in [6, 6.07) is 3.88. The first-order valence-corrected chi connectivity index (χ1v) is 10.4. The second kappa shape index (κ2) is 8.60. The van der Waals surface area contributed by atoms with Gasteiger partial charge in [0, 0.05) is 25.7 Å². The van der Waals surface area contributed by atoms with E-state index in [0.29, 0.717) is 25.9 Å². The van der Waals surface area contributed by atoms with Crippen molar-refractivity contribution in [1.82, 2.24) is 15.5 Å². The van der Waals surface area contributed by atoms with Crippen molar-refractivity contribution in [3.8, 4) is 0 Å². The zero-order valence-electron chi connectivity index (χ0n) is 14.2. The molecule has 1 saturated heterocycles. The number of nitrogens with zero attached hydrogens (tertiary/aromatic N) is 1. The molecule has 0 bridgehead atoms. The monoisotopic (exact) mass is 377 g/mol. The second-order valence-electron chi connectivity index (χ2n) is 6.28. The predicted octanol–water partition coefficient (Wildman–Crippen LogP) is 2.25. The van der Waals surface area contributed by atoms with E-state index >= 15 is 0 Å². The standard InChI is InChI=1S/C18H23N3O2S2/c1-2-19-18(23)16-8-15(10-21(16)9-14-4-6-25-12-14)20-17(22)7-13-3-5-24-11-13/h3-6,11-12,15-16H,2,7-10H2,1H3,(H,19,23)(H,20,22)/t15-,16-/m0/s1. The minimum atomic E-state index is -0.189. The maximum Gasteiger partial charge on any atom is 0.237 e. The Labute approximate surface area is 156 Å². The molecule has 0 aromatic carbocycles. The van der Waals surface area contributed by atoms with Crippen LogP contribution >= 0.6 is 22.7 Å². The van der Waals surface area contributed by atoms with Crippen LogP contribution in [0.25, 0.3) is 0 Å². The number of rotatable bonds is 7. The summed E-state index contributed by atoms with van der Waals surface area (Å²) in [5.74, 6) is 0.0720. The molecule has 0 saturated carbocycles. The Morgan fingerprint density at radius 3 is 2.56 bits per heavy atom. The number of amides is 2. The molecule has 0 aliphatic carbocycles. The highest BCUT2D eigenvalue weighted by molar-refractivity contribution is 7.08. The largest absolute Gasteiger partial charge is 0.355 e. The van der Waals surface area contributed by atoms with Gasteiger partial charge in [-0.05, 0) is 58.1 Å². The first kappa shape index (κ1) is 18.1. The molecule has 1 fully saturated rings. The Hall–Kier alpha value is -1.70. The van der Waals surface area contributed by atoms with E-state index in [1.807, 2.05) is 29.1 Å². The van der Waals surface area contributed by atoms with Crippen molar-refractivity contribution in [2.75, 3.05) is 13.1 Å². The number of likely N-dealkylation sites (tertiary alicyclic amines) is 1. The van der Waals surface area contributed by atoms with Gasteiger partial charge in [0.25, 0.3) is 0 Å². The highest BCUT2D eigenvalue weighted by atomic mass is 32.1. The van der Waals surface area contributed by atoms with Gasteiger partial charge < -0.3 is 10.6 Å². The minimum Gasteiger partial charge on any atom is -0.355 e. The van der Waals surface area contributed by atoms with Gasteiger partial charge in [-0.1, -0.05) is 0 Å². The van der Waals surface area contributed by atoms with E-state index in [-0.39, 0.29) is 23.9 Å². The summed E-state index contributed by atoms with van der Waals surface area (Å²) < 4.78 is 0. The van der Waals surface area contributed by atoms with Crippen LogP contribution in [-0.2, 0) is 22.6 Å². The normalized spacial score (nSPS) is 20.5. The smallest absolute Gasteiger partial charge is 0.237 e. The number of thiophene rings is 2. The van der Waals surface area contributed by atoms with E-state index in [2.05, 4.69) is 27.0 Å². The number of carbonyl (C=O) groups is 2. The lowest BCUT2D eigenvalue weighted by Gasteiger charge is -2.22. The van der Waals surface area contributed by atoms with Crippen LogP contribution in [0, 0.1) is 0 Å². The van der Waals surface area contributed by atoms with Crippen molar-refractivity contribution < 1.29 is 9.59 Å². The third-order valence-corrected chi connectivity index (χ3v) is 5.80. The lowest BCUT2D eigenvalue weighted by Crippen LogP contribution is -2.42. The number of hydrogen-bond donors (Lipinski definition) is 2. The van der Waals surface area contributed by atoms with Crippen LogP contribution in [0.4, 0.5) is 0 Å². The third-order valence-electron chi connectivity index (χ3n) is 4.33. The van der Waals surface area contributed by atoms with Crippen molar-refractivity contribution >= 4 is 34.5 Å². The van der Waals surface area contributed by atoms with Crippen molar-refractivity contribution in [3.05, 3.63) is 44.8 Å². The van der Waals surface area contributed by atoms with E-state index in [1.165, 1.54) is 5.56 Å². The van der Waals surface area contributed by atoms with Gasteiger partial charge in [-0.15, -0.1) is 0 Å². The topological polar surface area (TPSA) is 61.4 Å². The average molecular weight is 378 g/mol. The molecule has 2 aromatic rings. The highest BCUT2D eigenvalue weighted by Gasteiger charge is 2.37. The summed E-state index contributed by atoms with van der Waals surface area (Å²) in [6.07, 6.45) is 1.06.